The van der Waals surface area contributed by atoms with Crippen LogP contribution in [0.1, 0.15) is 35.5 Å². The lowest BCUT2D eigenvalue weighted by Gasteiger charge is -2.15. The molecule has 1 N–H and O–H groups in total. The van der Waals surface area contributed by atoms with Crippen molar-refractivity contribution >= 4 is 5.91 Å². The Labute approximate surface area is 123 Å². The molecule has 1 aliphatic carbocycles. The van der Waals surface area contributed by atoms with Gasteiger partial charge in [-0.25, -0.2) is 4.39 Å². The highest BCUT2D eigenvalue weighted by Gasteiger charge is 2.51. The Morgan fingerprint density at radius 3 is 2.48 bits per heavy atom. The van der Waals surface area contributed by atoms with E-state index in [-0.39, 0.29) is 11.7 Å². The number of carbonyl (C=O) groups excluding carboxylic acids is 1. The number of hydrogen-bond donors (Lipinski definition) is 1. The molecular formula is C17H18FNO2. The van der Waals surface area contributed by atoms with E-state index in [4.69, 9.17) is 4.42 Å². The molecule has 1 saturated carbocycles. The SMILES string of the molecule is Cc1cc(CNC(=O)C2(c3ccc(F)cc3)CC2)c(C)o1. The van der Waals surface area contributed by atoms with Crippen LogP contribution in [0.3, 0.4) is 0 Å². The molecule has 1 heterocycles. The van der Waals surface area contributed by atoms with Crippen molar-refractivity contribution < 1.29 is 13.6 Å². The number of aryl methyl sites for hydroxylation is 2. The summed E-state index contributed by atoms with van der Waals surface area (Å²) in [5.41, 5.74) is 1.41. The van der Waals surface area contributed by atoms with Gasteiger partial charge in [-0.05, 0) is 50.5 Å². The van der Waals surface area contributed by atoms with Crippen molar-refractivity contribution in [3.63, 3.8) is 0 Å². The van der Waals surface area contributed by atoms with Crippen molar-refractivity contribution in [2.24, 2.45) is 0 Å². The second-order valence-electron chi connectivity index (χ2n) is 5.71. The standard InChI is InChI=1S/C17H18FNO2/c1-11-9-13(12(2)21-11)10-19-16(20)17(7-8-17)14-3-5-15(18)6-4-14/h3-6,9H,7-8,10H2,1-2H3,(H,19,20). The number of benzene rings is 1. The molecule has 0 atom stereocenters. The van der Waals surface area contributed by atoms with Gasteiger partial charge in [0.15, 0.2) is 0 Å². The minimum absolute atomic E-state index is 0.00682. The van der Waals surface area contributed by atoms with Crippen LogP contribution in [0, 0.1) is 19.7 Å². The Morgan fingerprint density at radius 2 is 1.95 bits per heavy atom. The van der Waals surface area contributed by atoms with Crippen LogP contribution in [0.25, 0.3) is 0 Å². The normalized spacial score (nSPS) is 15.8. The highest BCUT2D eigenvalue weighted by molar-refractivity contribution is 5.91. The molecule has 4 heteroatoms. The maximum Gasteiger partial charge on any atom is 0.230 e. The number of carbonyl (C=O) groups is 1. The first kappa shape index (κ1) is 13.9. The predicted octanol–water partition coefficient (Wildman–Crippen LogP) is 3.38. The fraction of sp³-hybridized carbons (Fsp3) is 0.353. The number of furan rings is 1. The third-order valence-electron chi connectivity index (χ3n) is 4.16. The zero-order chi connectivity index (χ0) is 15.0. The summed E-state index contributed by atoms with van der Waals surface area (Å²) in [6.45, 7) is 4.24. The van der Waals surface area contributed by atoms with Gasteiger partial charge >= 0.3 is 0 Å². The summed E-state index contributed by atoms with van der Waals surface area (Å²) in [5.74, 6) is 1.41. The van der Waals surface area contributed by atoms with Gasteiger partial charge in [-0.3, -0.25) is 4.79 Å². The molecule has 3 nitrogen and oxygen atoms in total. The Bertz CT molecular complexity index is 669. The quantitative estimate of drug-likeness (QED) is 0.936. The fourth-order valence-electron chi connectivity index (χ4n) is 2.74. The van der Waals surface area contributed by atoms with Crippen LogP contribution in [0.5, 0.6) is 0 Å². The van der Waals surface area contributed by atoms with Crippen LogP contribution in [-0.4, -0.2) is 5.91 Å². The molecule has 1 aromatic heterocycles. The number of amides is 1. The van der Waals surface area contributed by atoms with Gasteiger partial charge in [-0.1, -0.05) is 12.1 Å². The second kappa shape index (κ2) is 5.02. The van der Waals surface area contributed by atoms with E-state index in [1.807, 2.05) is 19.9 Å². The molecule has 0 aliphatic heterocycles. The molecule has 1 amide bonds. The molecular weight excluding hydrogens is 269 g/mol. The summed E-state index contributed by atoms with van der Waals surface area (Å²) in [7, 11) is 0. The van der Waals surface area contributed by atoms with Gasteiger partial charge in [-0.2, -0.15) is 0 Å². The molecule has 0 radical (unpaired) electrons. The van der Waals surface area contributed by atoms with E-state index in [0.29, 0.717) is 6.54 Å². The van der Waals surface area contributed by atoms with E-state index >= 15 is 0 Å². The summed E-state index contributed by atoms with van der Waals surface area (Å²) in [5, 5.41) is 2.98. The average Bonchev–Trinajstić information content (AvgIpc) is 3.19. The van der Waals surface area contributed by atoms with Gasteiger partial charge in [0.05, 0.1) is 5.41 Å². The van der Waals surface area contributed by atoms with Crippen molar-refractivity contribution in [1.82, 2.24) is 5.32 Å². The molecule has 0 saturated heterocycles. The monoisotopic (exact) mass is 287 g/mol. The molecule has 0 unspecified atom stereocenters. The Morgan fingerprint density at radius 1 is 1.29 bits per heavy atom. The highest BCUT2D eigenvalue weighted by Crippen LogP contribution is 2.48. The first-order valence-corrected chi connectivity index (χ1v) is 7.11. The van der Waals surface area contributed by atoms with Crippen LogP contribution in [0.4, 0.5) is 4.39 Å². The maximum atomic E-state index is 13.0. The lowest BCUT2D eigenvalue weighted by Crippen LogP contribution is -2.34. The summed E-state index contributed by atoms with van der Waals surface area (Å²) < 4.78 is 18.5. The van der Waals surface area contributed by atoms with Gasteiger partial charge in [-0.15, -0.1) is 0 Å². The fourth-order valence-corrected chi connectivity index (χ4v) is 2.74. The molecule has 2 aromatic rings. The lowest BCUT2D eigenvalue weighted by atomic mass is 9.95. The number of halogens is 1. The van der Waals surface area contributed by atoms with E-state index in [9.17, 15) is 9.18 Å². The van der Waals surface area contributed by atoms with Crippen molar-refractivity contribution in [2.45, 2.75) is 38.6 Å². The summed E-state index contributed by atoms with van der Waals surface area (Å²) in [4.78, 5) is 12.5. The minimum atomic E-state index is -0.472. The predicted molar refractivity (Wildman–Crippen MR) is 77.3 cm³/mol. The van der Waals surface area contributed by atoms with Crippen molar-refractivity contribution in [3.05, 3.63) is 58.8 Å². The molecule has 1 fully saturated rings. The molecule has 0 bridgehead atoms. The highest BCUT2D eigenvalue weighted by atomic mass is 19.1. The van der Waals surface area contributed by atoms with Gasteiger partial charge in [0.25, 0.3) is 0 Å². The third kappa shape index (κ3) is 2.58. The Balaban J connectivity index is 1.70. The Kier molecular flexibility index (Phi) is 3.32. The topological polar surface area (TPSA) is 42.2 Å². The first-order chi connectivity index (χ1) is 10.0. The molecule has 3 rings (SSSR count). The molecule has 1 aromatic carbocycles. The number of hydrogen-bond acceptors (Lipinski definition) is 2. The van der Waals surface area contributed by atoms with Crippen molar-refractivity contribution in [2.75, 3.05) is 0 Å². The third-order valence-corrected chi connectivity index (χ3v) is 4.16. The van der Waals surface area contributed by atoms with Crippen LogP contribution >= 0.6 is 0 Å². The zero-order valence-electron chi connectivity index (χ0n) is 12.2. The van der Waals surface area contributed by atoms with Crippen LogP contribution in [-0.2, 0) is 16.8 Å². The largest absolute Gasteiger partial charge is 0.466 e. The number of nitrogens with one attached hydrogen (secondary N) is 1. The molecule has 21 heavy (non-hydrogen) atoms. The van der Waals surface area contributed by atoms with Gasteiger partial charge in [0.1, 0.15) is 17.3 Å². The van der Waals surface area contributed by atoms with E-state index in [0.717, 1.165) is 35.5 Å². The van der Waals surface area contributed by atoms with Crippen LogP contribution < -0.4 is 5.32 Å². The molecule has 0 spiro atoms. The minimum Gasteiger partial charge on any atom is -0.466 e. The first-order valence-electron chi connectivity index (χ1n) is 7.11. The average molecular weight is 287 g/mol. The van der Waals surface area contributed by atoms with E-state index < -0.39 is 5.41 Å². The number of rotatable bonds is 4. The van der Waals surface area contributed by atoms with Gasteiger partial charge in [0.2, 0.25) is 5.91 Å². The van der Waals surface area contributed by atoms with Gasteiger partial charge < -0.3 is 9.73 Å². The summed E-state index contributed by atoms with van der Waals surface area (Å²) in [6.07, 6.45) is 1.63. The van der Waals surface area contributed by atoms with Crippen LogP contribution in [0.2, 0.25) is 0 Å². The Hall–Kier alpha value is -2.10. The van der Waals surface area contributed by atoms with E-state index in [1.54, 1.807) is 12.1 Å². The smallest absolute Gasteiger partial charge is 0.230 e. The van der Waals surface area contributed by atoms with E-state index in [1.165, 1.54) is 12.1 Å². The lowest BCUT2D eigenvalue weighted by molar-refractivity contribution is -0.123. The van der Waals surface area contributed by atoms with Crippen LogP contribution in [0.15, 0.2) is 34.7 Å². The summed E-state index contributed by atoms with van der Waals surface area (Å²) >= 11 is 0. The summed E-state index contributed by atoms with van der Waals surface area (Å²) in [6, 6.07) is 8.16. The van der Waals surface area contributed by atoms with Gasteiger partial charge in [0, 0.05) is 12.1 Å². The van der Waals surface area contributed by atoms with E-state index in [2.05, 4.69) is 5.32 Å². The second-order valence-corrected chi connectivity index (χ2v) is 5.71. The zero-order valence-corrected chi connectivity index (χ0v) is 12.2. The maximum absolute atomic E-state index is 13.0. The van der Waals surface area contributed by atoms with Crippen molar-refractivity contribution in [3.8, 4) is 0 Å². The van der Waals surface area contributed by atoms with Crippen molar-refractivity contribution in [1.29, 1.82) is 0 Å². The molecule has 110 valence electrons. The molecule has 1 aliphatic rings.